The Morgan fingerprint density at radius 3 is 2.78 bits per heavy atom. The van der Waals surface area contributed by atoms with Crippen molar-refractivity contribution in [2.45, 2.75) is 0 Å². The van der Waals surface area contributed by atoms with Crippen molar-refractivity contribution < 1.29 is 9.53 Å². The van der Waals surface area contributed by atoms with Crippen LogP contribution in [0.3, 0.4) is 0 Å². The first-order chi connectivity index (χ1) is 13.0. The average molecular weight is 395 g/mol. The number of amides is 1. The number of hydrogen-bond acceptors (Lipinski definition) is 6. The first-order valence-electron chi connectivity index (χ1n) is 7.96. The minimum atomic E-state index is -0.244. The molecular formula is C19H13N3O3S2. The highest BCUT2D eigenvalue weighted by Gasteiger charge is 2.22. The van der Waals surface area contributed by atoms with Crippen LogP contribution >= 0.6 is 24.0 Å². The first-order valence-corrected chi connectivity index (χ1v) is 9.18. The van der Waals surface area contributed by atoms with Crippen LogP contribution in [-0.4, -0.2) is 27.3 Å². The Bertz CT molecular complexity index is 1180. The smallest absolute Gasteiger partial charge is 0.266 e. The molecular weight excluding hydrogens is 382 g/mol. The van der Waals surface area contributed by atoms with Gasteiger partial charge in [-0.15, -0.1) is 0 Å². The van der Waals surface area contributed by atoms with Crippen LogP contribution in [0.1, 0.15) is 5.56 Å². The lowest BCUT2D eigenvalue weighted by Gasteiger charge is -2.11. The molecule has 0 bridgehead atoms. The third-order valence-corrected chi connectivity index (χ3v) is 5.21. The molecule has 0 unspecified atom stereocenters. The number of hydrogen-bond donors (Lipinski definition) is 2. The van der Waals surface area contributed by atoms with E-state index in [1.807, 2.05) is 36.4 Å². The Labute approximate surface area is 163 Å². The maximum Gasteiger partial charge on any atom is 0.266 e. The van der Waals surface area contributed by atoms with Crippen molar-refractivity contribution in [3.05, 3.63) is 63.4 Å². The zero-order valence-corrected chi connectivity index (χ0v) is 15.7. The van der Waals surface area contributed by atoms with Crippen LogP contribution in [-0.2, 0) is 4.79 Å². The summed E-state index contributed by atoms with van der Waals surface area (Å²) >= 11 is 6.26. The zero-order chi connectivity index (χ0) is 19.0. The van der Waals surface area contributed by atoms with Crippen molar-refractivity contribution >= 4 is 51.3 Å². The topological polar surface area (TPSA) is 84.1 Å². The number of aromatic amines is 1. The summed E-state index contributed by atoms with van der Waals surface area (Å²) in [6, 6.07) is 11.2. The van der Waals surface area contributed by atoms with Gasteiger partial charge in [-0.25, -0.2) is 4.98 Å². The van der Waals surface area contributed by atoms with Crippen molar-refractivity contribution in [2.75, 3.05) is 7.11 Å². The third kappa shape index (κ3) is 3.49. The number of ether oxygens (including phenoxy) is 1. The van der Waals surface area contributed by atoms with E-state index in [1.54, 1.807) is 13.2 Å². The fraction of sp³-hybridized carbons (Fsp3) is 0.0526. The van der Waals surface area contributed by atoms with E-state index >= 15 is 0 Å². The van der Waals surface area contributed by atoms with E-state index in [-0.39, 0.29) is 11.5 Å². The molecule has 1 fully saturated rings. The van der Waals surface area contributed by atoms with Gasteiger partial charge in [-0.2, -0.15) is 0 Å². The normalized spacial score (nSPS) is 15.4. The van der Waals surface area contributed by atoms with Gasteiger partial charge in [0.05, 0.1) is 29.2 Å². The van der Waals surface area contributed by atoms with Crippen molar-refractivity contribution in [3.8, 4) is 16.9 Å². The molecule has 0 radical (unpaired) electrons. The number of H-pyrrole nitrogens is 1. The molecule has 1 aliphatic heterocycles. The molecule has 6 nitrogen and oxygen atoms in total. The lowest BCUT2D eigenvalue weighted by atomic mass is 10.0. The zero-order valence-electron chi connectivity index (χ0n) is 14.1. The second-order valence-electron chi connectivity index (χ2n) is 5.79. The van der Waals surface area contributed by atoms with Crippen LogP contribution in [0, 0.1) is 0 Å². The summed E-state index contributed by atoms with van der Waals surface area (Å²) in [5, 5.41) is 2.61. The van der Waals surface area contributed by atoms with Gasteiger partial charge < -0.3 is 15.0 Å². The largest absolute Gasteiger partial charge is 0.496 e. The molecule has 1 amide bonds. The van der Waals surface area contributed by atoms with E-state index in [9.17, 15) is 9.59 Å². The number of thiocarbonyl (C=S) groups is 1. The summed E-state index contributed by atoms with van der Waals surface area (Å²) in [7, 11) is 1.60. The molecule has 0 atom stereocenters. The Kier molecular flexibility index (Phi) is 4.51. The van der Waals surface area contributed by atoms with Crippen LogP contribution in [0.15, 0.2) is 52.3 Å². The number of methoxy groups -OCH3 is 1. The number of rotatable bonds is 3. The molecule has 0 spiro atoms. The second kappa shape index (κ2) is 6.98. The number of nitrogens with zero attached hydrogens (tertiary/aromatic N) is 1. The highest BCUT2D eigenvalue weighted by molar-refractivity contribution is 8.26. The number of fused-ring (bicyclic) bond motifs is 1. The van der Waals surface area contributed by atoms with Crippen molar-refractivity contribution in [1.82, 2.24) is 15.3 Å². The SMILES string of the molecule is COc1ccc(C=C2SC(=S)NC2=O)cc1-c1ccc2[nH]c(=O)cnc2c1. The van der Waals surface area contributed by atoms with E-state index < -0.39 is 0 Å². The number of thioether (sulfide) groups is 1. The molecule has 0 saturated carbocycles. The lowest BCUT2D eigenvalue weighted by molar-refractivity contribution is -0.115. The van der Waals surface area contributed by atoms with Gasteiger partial charge in [0.1, 0.15) is 10.1 Å². The standard InChI is InChI=1S/C19H13N3O3S2/c1-25-15-5-2-10(7-16-18(24)22-19(26)27-16)6-12(15)11-3-4-13-14(8-11)20-9-17(23)21-13/h2-9H,1H3,(H,21,23)(H,22,24,26). The summed E-state index contributed by atoms with van der Waals surface area (Å²) < 4.78 is 5.94. The van der Waals surface area contributed by atoms with E-state index in [0.717, 1.165) is 16.7 Å². The predicted molar refractivity (Wildman–Crippen MR) is 111 cm³/mol. The number of nitrogens with one attached hydrogen (secondary N) is 2. The van der Waals surface area contributed by atoms with Gasteiger partial charge in [-0.1, -0.05) is 36.1 Å². The third-order valence-electron chi connectivity index (χ3n) is 4.05. The van der Waals surface area contributed by atoms with E-state index in [0.29, 0.717) is 26.0 Å². The van der Waals surface area contributed by atoms with Crippen molar-refractivity contribution in [1.29, 1.82) is 0 Å². The molecule has 27 heavy (non-hydrogen) atoms. The molecule has 1 aromatic heterocycles. The van der Waals surface area contributed by atoms with Crippen LogP contribution < -0.4 is 15.6 Å². The summed E-state index contributed by atoms with van der Waals surface area (Å²) in [5.41, 5.74) is 3.69. The van der Waals surface area contributed by atoms with Crippen LogP contribution in [0.25, 0.3) is 28.2 Å². The molecule has 1 saturated heterocycles. The highest BCUT2D eigenvalue weighted by atomic mass is 32.2. The minimum absolute atomic E-state index is 0.193. The van der Waals surface area contributed by atoms with Gasteiger partial charge in [0, 0.05) is 5.56 Å². The van der Waals surface area contributed by atoms with Crippen molar-refractivity contribution in [2.24, 2.45) is 0 Å². The van der Waals surface area contributed by atoms with Crippen LogP contribution in [0.4, 0.5) is 0 Å². The van der Waals surface area contributed by atoms with Gasteiger partial charge >= 0.3 is 0 Å². The molecule has 2 heterocycles. The Morgan fingerprint density at radius 1 is 1.19 bits per heavy atom. The van der Waals surface area contributed by atoms with Gasteiger partial charge in [-0.05, 0) is 41.5 Å². The Balaban J connectivity index is 1.81. The molecule has 1 aliphatic rings. The van der Waals surface area contributed by atoms with Gasteiger partial charge in [0.25, 0.3) is 11.5 Å². The Hall–Kier alpha value is -2.97. The van der Waals surface area contributed by atoms with Crippen LogP contribution in [0.5, 0.6) is 5.75 Å². The lowest BCUT2D eigenvalue weighted by Crippen LogP contribution is -2.17. The second-order valence-corrected chi connectivity index (χ2v) is 7.51. The molecule has 134 valence electrons. The number of carbonyl (C=O) groups excluding carboxylic acids is 1. The average Bonchev–Trinajstić information content (AvgIpc) is 2.98. The summed E-state index contributed by atoms with van der Waals surface area (Å²) in [6.45, 7) is 0. The van der Waals surface area contributed by atoms with Gasteiger partial charge in [-0.3, -0.25) is 9.59 Å². The molecule has 0 aliphatic carbocycles. The number of benzene rings is 2. The van der Waals surface area contributed by atoms with Crippen LogP contribution in [0.2, 0.25) is 0 Å². The quantitative estimate of drug-likeness (QED) is 0.524. The first kappa shape index (κ1) is 17.4. The fourth-order valence-corrected chi connectivity index (χ4v) is 3.86. The van der Waals surface area contributed by atoms with E-state index in [4.69, 9.17) is 17.0 Å². The summed E-state index contributed by atoms with van der Waals surface area (Å²) in [5.74, 6) is 0.501. The molecule has 8 heteroatoms. The van der Waals surface area contributed by atoms with Crippen molar-refractivity contribution in [3.63, 3.8) is 0 Å². The molecule has 2 N–H and O–H groups in total. The maximum atomic E-state index is 11.9. The molecule has 3 aromatic rings. The number of carbonyl (C=O) groups is 1. The minimum Gasteiger partial charge on any atom is -0.496 e. The van der Waals surface area contributed by atoms with Gasteiger partial charge in [0.2, 0.25) is 0 Å². The maximum absolute atomic E-state index is 11.9. The molecule has 2 aromatic carbocycles. The summed E-state index contributed by atoms with van der Waals surface area (Å²) in [6.07, 6.45) is 3.04. The predicted octanol–water partition coefficient (Wildman–Crippen LogP) is 3.09. The highest BCUT2D eigenvalue weighted by Crippen LogP contribution is 2.34. The Morgan fingerprint density at radius 2 is 2.04 bits per heavy atom. The fourth-order valence-electron chi connectivity index (χ4n) is 2.82. The molecule has 4 rings (SSSR count). The van der Waals surface area contributed by atoms with Gasteiger partial charge in [0.15, 0.2) is 0 Å². The number of aromatic nitrogens is 2. The van der Waals surface area contributed by atoms with E-state index in [2.05, 4.69) is 15.3 Å². The van der Waals surface area contributed by atoms with E-state index in [1.165, 1.54) is 18.0 Å². The summed E-state index contributed by atoms with van der Waals surface area (Å²) in [4.78, 5) is 30.8. The monoisotopic (exact) mass is 395 g/mol.